The van der Waals surface area contributed by atoms with Crippen molar-refractivity contribution in [2.24, 2.45) is 0 Å². The van der Waals surface area contributed by atoms with Crippen molar-refractivity contribution in [1.82, 2.24) is 0 Å². The number of fused-ring (bicyclic) bond motifs is 1. The number of benzene rings is 2. The van der Waals surface area contributed by atoms with Crippen LogP contribution in [0.25, 0.3) is 0 Å². The maximum absolute atomic E-state index is 12.3. The van der Waals surface area contributed by atoms with Gasteiger partial charge in [0.2, 0.25) is 5.75 Å². The molecule has 0 atom stereocenters. The highest BCUT2D eigenvalue weighted by Crippen LogP contribution is 2.40. The van der Waals surface area contributed by atoms with Crippen molar-refractivity contribution >= 4 is 23.3 Å². The number of nitro groups is 1. The number of ether oxygens (including phenoxy) is 4. The molecule has 0 aromatic heterocycles. The summed E-state index contributed by atoms with van der Waals surface area (Å²) in [4.78, 5) is 34.7. The summed E-state index contributed by atoms with van der Waals surface area (Å²) in [5.41, 5.74) is 0.866. The Morgan fingerprint density at radius 3 is 2.69 bits per heavy atom. The van der Waals surface area contributed by atoms with E-state index in [1.54, 1.807) is 6.92 Å². The number of hydrogen-bond acceptors (Lipinski definition) is 8. The van der Waals surface area contributed by atoms with E-state index in [2.05, 4.69) is 5.32 Å². The van der Waals surface area contributed by atoms with Gasteiger partial charge in [-0.3, -0.25) is 14.9 Å². The fourth-order valence-electron chi connectivity index (χ4n) is 2.65. The summed E-state index contributed by atoms with van der Waals surface area (Å²) >= 11 is 0. The lowest BCUT2D eigenvalue weighted by atomic mass is 10.1. The van der Waals surface area contributed by atoms with Crippen molar-refractivity contribution in [3.05, 3.63) is 51.6 Å². The number of nitrogens with zero attached hydrogens (tertiary/aromatic N) is 1. The van der Waals surface area contributed by atoms with E-state index in [0.717, 1.165) is 0 Å². The normalized spacial score (nSPS) is 12.1. The van der Waals surface area contributed by atoms with Crippen LogP contribution in [0.2, 0.25) is 0 Å². The maximum atomic E-state index is 12.3. The minimum atomic E-state index is -0.758. The molecular formula is C19H18N2O8. The van der Waals surface area contributed by atoms with Gasteiger partial charge in [-0.1, -0.05) is 6.07 Å². The number of methoxy groups -OCH3 is 1. The smallest absolute Gasteiger partial charge is 0.338 e. The number of nitro benzene ring substituents is 1. The van der Waals surface area contributed by atoms with Crippen LogP contribution in [-0.4, -0.2) is 43.7 Å². The molecular weight excluding hydrogens is 384 g/mol. The fourth-order valence-corrected chi connectivity index (χ4v) is 2.65. The number of anilines is 1. The monoisotopic (exact) mass is 402 g/mol. The van der Waals surface area contributed by atoms with E-state index in [1.807, 2.05) is 0 Å². The molecule has 0 bridgehead atoms. The average Bonchev–Trinajstić information content (AvgIpc) is 2.72. The van der Waals surface area contributed by atoms with Crippen molar-refractivity contribution in [1.29, 1.82) is 0 Å². The Labute approximate surface area is 165 Å². The second-order valence-electron chi connectivity index (χ2n) is 6.08. The van der Waals surface area contributed by atoms with E-state index in [1.165, 1.54) is 37.4 Å². The van der Waals surface area contributed by atoms with Crippen molar-refractivity contribution in [2.75, 3.05) is 32.2 Å². The molecule has 10 nitrogen and oxygen atoms in total. The van der Waals surface area contributed by atoms with E-state index in [0.29, 0.717) is 36.0 Å². The van der Waals surface area contributed by atoms with Crippen molar-refractivity contribution in [2.45, 2.75) is 6.92 Å². The Morgan fingerprint density at radius 2 is 1.97 bits per heavy atom. The van der Waals surface area contributed by atoms with Gasteiger partial charge in [0, 0.05) is 12.1 Å². The van der Waals surface area contributed by atoms with Gasteiger partial charge in [0.1, 0.15) is 13.2 Å². The number of esters is 1. The summed E-state index contributed by atoms with van der Waals surface area (Å²) in [5.74, 6) is -0.336. The summed E-state index contributed by atoms with van der Waals surface area (Å²) in [6.45, 7) is 1.81. The first-order valence-electron chi connectivity index (χ1n) is 8.58. The first-order chi connectivity index (χ1) is 13.9. The quantitative estimate of drug-likeness (QED) is 0.444. The van der Waals surface area contributed by atoms with E-state index in [-0.39, 0.29) is 16.9 Å². The molecule has 0 saturated carbocycles. The van der Waals surface area contributed by atoms with Crippen LogP contribution in [0.15, 0.2) is 30.3 Å². The second kappa shape index (κ2) is 8.46. The standard InChI is InChI=1S/C19H18N2O8/c1-11-3-4-13(21(24)25)9-14(11)20-17(22)10-29-19(23)12-7-15(26-2)18-16(8-12)27-5-6-28-18/h3-4,7-9H,5-6,10H2,1-2H3,(H,20,22). The first kappa shape index (κ1) is 19.9. The zero-order valence-electron chi connectivity index (χ0n) is 15.7. The van der Waals surface area contributed by atoms with Crippen LogP contribution in [0.4, 0.5) is 11.4 Å². The molecule has 0 fully saturated rings. The van der Waals surface area contributed by atoms with E-state index in [9.17, 15) is 19.7 Å². The highest BCUT2D eigenvalue weighted by molar-refractivity contribution is 5.96. The van der Waals surface area contributed by atoms with Crippen LogP contribution in [-0.2, 0) is 9.53 Å². The molecule has 152 valence electrons. The minimum Gasteiger partial charge on any atom is -0.493 e. The third kappa shape index (κ3) is 4.54. The van der Waals surface area contributed by atoms with Gasteiger partial charge in [0.15, 0.2) is 18.1 Å². The van der Waals surface area contributed by atoms with Crippen LogP contribution in [0.5, 0.6) is 17.2 Å². The topological polar surface area (TPSA) is 126 Å². The van der Waals surface area contributed by atoms with Crippen LogP contribution >= 0.6 is 0 Å². The molecule has 3 rings (SSSR count). The summed E-state index contributed by atoms with van der Waals surface area (Å²) in [6.07, 6.45) is 0. The van der Waals surface area contributed by atoms with Gasteiger partial charge in [-0.15, -0.1) is 0 Å². The number of nitrogens with one attached hydrogen (secondary N) is 1. The Balaban J connectivity index is 1.66. The van der Waals surface area contributed by atoms with Crippen LogP contribution < -0.4 is 19.5 Å². The van der Waals surface area contributed by atoms with Gasteiger partial charge in [-0.25, -0.2) is 4.79 Å². The van der Waals surface area contributed by atoms with Crippen molar-refractivity contribution in [3.8, 4) is 17.2 Å². The molecule has 0 aliphatic carbocycles. The largest absolute Gasteiger partial charge is 0.493 e. The lowest BCUT2D eigenvalue weighted by molar-refractivity contribution is -0.384. The lowest BCUT2D eigenvalue weighted by Gasteiger charge is -2.21. The van der Waals surface area contributed by atoms with Gasteiger partial charge >= 0.3 is 5.97 Å². The predicted molar refractivity (Wildman–Crippen MR) is 101 cm³/mol. The molecule has 0 saturated heterocycles. The molecule has 2 aromatic rings. The average molecular weight is 402 g/mol. The van der Waals surface area contributed by atoms with Crippen molar-refractivity contribution < 1.29 is 33.5 Å². The van der Waals surface area contributed by atoms with Crippen LogP contribution in [0.1, 0.15) is 15.9 Å². The highest BCUT2D eigenvalue weighted by Gasteiger charge is 2.22. The number of carbonyl (C=O) groups is 2. The molecule has 0 radical (unpaired) electrons. The Hall–Kier alpha value is -3.82. The number of hydrogen-bond donors (Lipinski definition) is 1. The number of carbonyl (C=O) groups excluding carboxylic acids is 2. The third-order valence-electron chi connectivity index (χ3n) is 4.10. The van der Waals surface area contributed by atoms with Gasteiger partial charge in [-0.05, 0) is 24.6 Å². The maximum Gasteiger partial charge on any atom is 0.338 e. The number of aryl methyl sites for hydroxylation is 1. The Bertz CT molecular complexity index is 956. The summed E-state index contributed by atoms with van der Waals surface area (Å²) in [6, 6.07) is 6.96. The zero-order valence-corrected chi connectivity index (χ0v) is 15.7. The lowest BCUT2D eigenvalue weighted by Crippen LogP contribution is -2.22. The molecule has 1 heterocycles. The molecule has 10 heteroatoms. The van der Waals surface area contributed by atoms with Crippen molar-refractivity contribution in [3.63, 3.8) is 0 Å². The Morgan fingerprint density at radius 1 is 1.21 bits per heavy atom. The van der Waals surface area contributed by atoms with Crippen LogP contribution in [0.3, 0.4) is 0 Å². The van der Waals surface area contributed by atoms with Gasteiger partial charge in [-0.2, -0.15) is 0 Å². The predicted octanol–water partition coefficient (Wildman–Crippen LogP) is 2.48. The molecule has 0 unspecified atom stereocenters. The molecule has 2 aromatic carbocycles. The highest BCUT2D eigenvalue weighted by atomic mass is 16.6. The molecule has 29 heavy (non-hydrogen) atoms. The first-order valence-corrected chi connectivity index (χ1v) is 8.58. The fraction of sp³-hybridized carbons (Fsp3) is 0.263. The zero-order chi connectivity index (χ0) is 21.0. The van der Waals surface area contributed by atoms with E-state index < -0.39 is 23.4 Å². The number of rotatable bonds is 6. The minimum absolute atomic E-state index is 0.130. The van der Waals surface area contributed by atoms with Gasteiger partial charge in [0.05, 0.1) is 23.3 Å². The van der Waals surface area contributed by atoms with E-state index >= 15 is 0 Å². The number of non-ortho nitro benzene ring substituents is 1. The summed E-state index contributed by atoms with van der Waals surface area (Å²) < 4.78 is 21.2. The van der Waals surface area contributed by atoms with Gasteiger partial charge < -0.3 is 24.3 Å². The second-order valence-corrected chi connectivity index (χ2v) is 6.08. The molecule has 1 N–H and O–H groups in total. The van der Waals surface area contributed by atoms with Crippen LogP contribution in [0, 0.1) is 17.0 Å². The molecule has 1 aliphatic heterocycles. The molecule has 1 amide bonds. The summed E-state index contributed by atoms with van der Waals surface area (Å²) in [5, 5.41) is 13.4. The van der Waals surface area contributed by atoms with E-state index in [4.69, 9.17) is 18.9 Å². The molecule has 1 aliphatic rings. The summed E-state index contributed by atoms with van der Waals surface area (Å²) in [7, 11) is 1.43. The number of amides is 1. The van der Waals surface area contributed by atoms with Gasteiger partial charge in [0.25, 0.3) is 11.6 Å². The Kier molecular flexibility index (Phi) is 5.82. The SMILES string of the molecule is COc1cc(C(=O)OCC(=O)Nc2cc([N+](=O)[O-])ccc2C)cc2c1OCCO2. The third-order valence-corrected chi connectivity index (χ3v) is 4.10. The molecule has 0 spiro atoms.